The van der Waals surface area contributed by atoms with Gasteiger partial charge in [0.05, 0.1) is 47.7 Å². The van der Waals surface area contributed by atoms with Crippen molar-refractivity contribution in [3.05, 3.63) is 53.1 Å². The number of aryl methyl sites for hydroxylation is 1. The number of nitrogens with one attached hydrogen (secondary N) is 3. The number of anilines is 2. The minimum Gasteiger partial charge on any atom is -0.378 e. The van der Waals surface area contributed by atoms with Crippen LogP contribution in [-0.2, 0) is 11.3 Å². The van der Waals surface area contributed by atoms with Crippen molar-refractivity contribution in [2.45, 2.75) is 26.4 Å². The van der Waals surface area contributed by atoms with Gasteiger partial charge in [0.25, 0.3) is 5.56 Å². The minimum absolute atomic E-state index is 0. The molecule has 192 valence electrons. The Morgan fingerprint density at radius 1 is 1.14 bits per heavy atom. The molecule has 0 bridgehead atoms. The Morgan fingerprint density at radius 3 is 2.68 bits per heavy atom. The summed E-state index contributed by atoms with van der Waals surface area (Å²) in [4.78, 5) is 39.9. The molecule has 1 atom stereocenters. The number of fused-ring (bicyclic) bond motifs is 2. The summed E-state index contributed by atoms with van der Waals surface area (Å²) in [7, 11) is 0. The fourth-order valence-electron chi connectivity index (χ4n) is 4.44. The highest BCUT2D eigenvalue weighted by Crippen LogP contribution is 2.32. The molecule has 5 aromatic heterocycles. The number of nitrogens with zero attached hydrogens (tertiary/aromatic N) is 7. The van der Waals surface area contributed by atoms with Crippen LogP contribution in [0.2, 0.25) is 0 Å². The van der Waals surface area contributed by atoms with Crippen molar-refractivity contribution in [3.63, 3.8) is 0 Å². The van der Waals surface area contributed by atoms with Gasteiger partial charge >= 0.3 is 0 Å². The molecule has 1 aliphatic heterocycles. The summed E-state index contributed by atoms with van der Waals surface area (Å²) in [6.07, 6.45) is 6.97. The van der Waals surface area contributed by atoms with Crippen molar-refractivity contribution < 1.29 is 4.74 Å². The van der Waals surface area contributed by atoms with Crippen molar-refractivity contribution in [1.29, 1.82) is 0 Å². The molecule has 37 heavy (non-hydrogen) atoms. The Balaban J connectivity index is 0.00000280. The monoisotopic (exact) mass is 520 g/mol. The lowest BCUT2D eigenvalue weighted by Crippen LogP contribution is -2.36. The maximum Gasteiger partial charge on any atom is 0.261 e. The Bertz CT molecular complexity index is 1590. The van der Waals surface area contributed by atoms with Gasteiger partial charge in [-0.3, -0.25) is 9.48 Å². The number of hydrogen-bond donors (Lipinski definition) is 3. The number of imidazole rings is 1. The highest BCUT2D eigenvalue weighted by atomic mass is 32.1. The Kier molecular flexibility index (Phi) is 6.80. The molecule has 6 heterocycles. The topological polar surface area (TPSA) is 143 Å². The standard InChI is InChI=1S/C24H26N10O2.H2S/c1-3-34-13-17-20(32-34)21(28-14(2)22-25-5-4-6-26-22)19(24(35)31-17)23-29-15-11-18(27-12-16(15)30-23)33-7-9-36-10-8-33;/h4-6,11-14,28H,3,7-10H2,1-2H3,(H,29,30)(H,31,35);1H2/t14-;/m0./s1. The number of aromatic amines is 2. The van der Waals surface area contributed by atoms with Gasteiger partial charge in [-0.1, -0.05) is 0 Å². The van der Waals surface area contributed by atoms with Gasteiger partial charge in [0.15, 0.2) is 0 Å². The van der Waals surface area contributed by atoms with Gasteiger partial charge in [0.2, 0.25) is 0 Å². The van der Waals surface area contributed by atoms with Gasteiger partial charge in [0.1, 0.15) is 28.5 Å². The summed E-state index contributed by atoms with van der Waals surface area (Å²) in [6, 6.07) is 3.43. The lowest BCUT2D eigenvalue weighted by atomic mass is 10.1. The summed E-state index contributed by atoms with van der Waals surface area (Å²) in [6.45, 7) is 7.51. The first-order valence-corrected chi connectivity index (χ1v) is 12.0. The van der Waals surface area contributed by atoms with E-state index in [4.69, 9.17) is 14.8 Å². The number of ether oxygens (including phenoxy) is 1. The molecular formula is C24H28N10O2S. The molecule has 0 saturated carbocycles. The minimum atomic E-state index is -0.277. The summed E-state index contributed by atoms with van der Waals surface area (Å²) in [5.74, 6) is 1.88. The number of rotatable bonds is 6. The smallest absolute Gasteiger partial charge is 0.261 e. The largest absolute Gasteiger partial charge is 0.378 e. The zero-order valence-corrected chi connectivity index (χ0v) is 21.5. The lowest BCUT2D eigenvalue weighted by Gasteiger charge is -2.27. The highest BCUT2D eigenvalue weighted by Gasteiger charge is 2.23. The van der Waals surface area contributed by atoms with Crippen molar-refractivity contribution >= 4 is 47.1 Å². The van der Waals surface area contributed by atoms with Crippen LogP contribution in [0.4, 0.5) is 11.5 Å². The second kappa shape index (κ2) is 10.2. The number of hydrogen-bond acceptors (Lipinski definition) is 9. The van der Waals surface area contributed by atoms with E-state index in [2.05, 4.69) is 35.1 Å². The molecule has 1 saturated heterocycles. The van der Waals surface area contributed by atoms with Crippen molar-refractivity contribution in [2.75, 3.05) is 36.5 Å². The van der Waals surface area contributed by atoms with E-state index in [1.165, 1.54) is 0 Å². The second-order valence-electron chi connectivity index (χ2n) is 8.67. The average Bonchev–Trinajstić information content (AvgIpc) is 3.53. The normalized spacial score (nSPS) is 14.6. The molecule has 6 rings (SSSR count). The van der Waals surface area contributed by atoms with Gasteiger partial charge < -0.3 is 24.9 Å². The van der Waals surface area contributed by atoms with E-state index in [-0.39, 0.29) is 25.1 Å². The third-order valence-electron chi connectivity index (χ3n) is 6.31. The predicted molar refractivity (Wildman–Crippen MR) is 146 cm³/mol. The molecule has 1 fully saturated rings. The molecule has 0 amide bonds. The summed E-state index contributed by atoms with van der Waals surface area (Å²) >= 11 is 0. The lowest BCUT2D eigenvalue weighted by molar-refractivity contribution is 0.122. The molecule has 0 aromatic carbocycles. The summed E-state index contributed by atoms with van der Waals surface area (Å²) < 4.78 is 7.24. The zero-order chi connectivity index (χ0) is 24.6. The summed E-state index contributed by atoms with van der Waals surface area (Å²) in [5, 5.41) is 8.14. The van der Waals surface area contributed by atoms with Crippen molar-refractivity contribution in [2.24, 2.45) is 0 Å². The van der Waals surface area contributed by atoms with E-state index >= 15 is 0 Å². The van der Waals surface area contributed by atoms with Gasteiger partial charge in [-0.15, -0.1) is 0 Å². The van der Waals surface area contributed by atoms with Crippen LogP contribution in [0.15, 0.2) is 41.7 Å². The predicted octanol–water partition coefficient (Wildman–Crippen LogP) is 2.60. The van der Waals surface area contributed by atoms with Gasteiger partial charge in [0, 0.05) is 44.3 Å². The van der Waals surface area contributed by atoms with Crippen molar-refractivity contribution in [1.82, 2.24) is 39.7 Å². The van der Waals surface area contributed by atoms with E-state index in [0.29, 0.717) is 53.7 Å². The first-order chi connectivity index (χ1) is 17.6. The van der Waals surface area contributed by atoms with Crippen LogP contribution in [-0.4, -0.2) is 66.0 Å². The molecule has 12 nitrogen and oxygen atoms in total. The van der Waals surface area contributed by atoms with Crippen LogP contribution >= 0.6 is 13.5 Å². The Labute approximate surface area is 219 Å². The molecular weight excluding hydrogens is 492 g/mol. The number of morpholine rings is 1. The first-order valence-electron chi connectivity index (χ1n) is 12.0. The van der Waals surface area contributed by atoms with E-state index in [1.807, 2.05) is 26.1 Å². The van der Waals surface area contributed by atoms with Crippen LogP contribution in [0, 0.1) is 0 Å². The maximum atomic E-state index is 13.4. The molecule has 0 aliphatic carbocycles. The van der Waals surface area contributed by atoms with Gasteiger partial charge in [-0.05, 0) is 19.9 Å². The molecule has 5 aromatic rings. The number of pyridine rings is 2. The summed E-state index contributed by atoms with van der Waals surface area (Å²) in [5.41, 5.74) is 3.42. The highest BCUT2D eigenvalue weighted by molar-refractivity contribution is 7.59. The molecule has 1 aliphatic rings. The Morgan fingerprint density at radius 2 is 1.92 bits per heavy atom. The zero-order valence-electron chi connectivity index (χ0n) is 20.5. The van der Waals surface area contributed by atoms with Crippen LogP contribution in [0.25, 0.3) is 33.5 Å². The van der Waals surface area contributed by atoms with Crippen LogP contribution in [0.1, 0.15) is 25.7 Å². The number of aromatic nitrogens is 8. The average molecular weight is 521 g/mol. The van der Waals surface area contributed by atoms with Crippen LogP contribution in [0.3, 0.4) is 0 Å². The molecule has 0 unspecified atom stereocenters. The fraction of sp³-hybridized carbons (Fsp3) is 0.333. The second-order valence-corrected chi connectivity index (χ2v) is 8.67. The Hall–Kier alpha value is -3.97. The first kappa shape index (κ1) is 24.7. The molecule has 0 radical (unpaired) electrons. The third-order valence-corrected chi connectivity index (χ3v) is 6.31. The molecule has 0 spiro atoms. The van der Waals surface area contributed by atoms with E-state index in [1.54, 1.807) is 29.3 Å². The van der Waals surface area contributed by atoms with Crippen LogP contribution < -0.4 is 15.8 Å². The maximum absolute atomic E-state index is 13.4. The van der Waals surface area contributed by atoms with Gasteiger partial charge in [-0.25, -0.2) is 19.9 Å². The third kappa shape index (κ3) is 4.62. The van der Waals surface area contributed by atoms with E-state index in [0.717, 1.165) is 29.9 Å². The quantitative estimate of drug-likeness (QED) is 0.308. The van der Waals surface area contributed by atoms with E-state index in [9.17, 15) is 4.79 Å². The van der Waals surface area contributed by atoms with Gasteiger partial charge in [-0.2, -0.15) is 18.6 Å². The fourth-order valence-corrected chi connectivity index (χ4v) is 4.44. The number of H-pyrrole nitrogens is 2. The SMILES string of the molecule is CCn1cc2[nH]c(=O)c(-c3nc4cc(N5CCOCC5)ncc4[nH]3)c(N[C@@H](C)c3ncccn3)c2n1.S. The molecule has 3 N–H and O–H groups in total. The van der Waals surface area contributed by atoms with Crippen molar-refractivity contribution in [3.8, 4) is 11.4 Å². The molecule has 13 heteroatoms. The van der Waals surface area contributed by atoms with Crippen LogP contribution in [0.5, 0.6) is 0 Å². The van der Waals surface area contributed by atoms with E-state index < -0.39 is 0 Å².